The van der Waals surface area contributed by atoms with Crippen molar-refractivity contribution in [3.63, 3.8) is 0 Å². The summed E-state index contributed by atoms with van der Waals surface area (Å²) in [5, 5.41) is 6.18. The smallest absolute Gasteiger partial charge is 0.223 e. The summed E-state index contributed by atoms with van der Waals surface area (Å²) in [6, 6.07) is 2.19. The van der Waals surface area contributed by atoms with E-state index in [1.807, 2.05) is 13.8 Å². The Balaban J connectivity index is 2.03. The zero-order valence-corrected chi connectivity index (χ0v) is 13.6. The molecule has 0 bridgehead atoms. The van der Waals surface area contributed by atoms with Gasteiger partial charge < -0.3 is 9.80 Å². The number of fused-ring (bicyclic) bond motifs is 1. The topological polar surface area (TPSA) is 34.4 Å². The summed E-state index contributed by atoms with van der Waals surface area (Å²) in [5.74, 6) is -1.03. The van der Waals surface area contributed by atoms with Crippen LogP contribution in [0.25, 0.3) is 0 Å². The molecule has 2 aliphatic rings. The van der Waals surface area contributed by atoms with Gasteiger partial charge >= 0.3 is 0 Å². The van der Waals surface area contributed by atoms with Crippen LogP contribution in [0.3, 0.4) is 0 Å². The molecule has 0 saturated carbocycles. The van der Waals surface area contributed by atoms with Gasteiger partial charge in [0.1, 0.15) is 0 Å². The Morgan fingerprint density at radius 3 is 2.48 bits per heavy atom. The maximum atomic E-state index is 13.6. The SMILES string of the molecule is C/C=N\N1C(N2CCN(C)CC2)=Nc2cc(F)c(F)cc2C1C. The first-order valence-corrected chi connectivity index (χ1v) is 7.80. The Kier molecular flexibility index (Phi) is 4.30. The van der Waals surface area contributed by atoms with Crippen LogP contribution in [-0.2, 0) is 0 Å². The highest BCUT2D eigenvalue weighted by Gasteiger charge is 2.32. The predicted molar refractivity (Wildman–Crippen MR) is 86.9 cm³/mol. The summed E-state index contributed by atoms with van der Waals surface area (Å²) >= 11 is 0. The molecule has 1 aromatic carbocycles. The fraction of sp³-hybridized carbons (Fsp3) is 0.500. The van der Waals surface area contributed by atoms with E-state index in [-0.39, 0.29) is 6.04 Å². The summed E-state index contributed by atoms with van der Waals surface area (Å²) in [7, 11) is 2.08. The molecule has 3 rings (SSSR count). The number of guanidine groups is 1. The number of halogens is 2. The molecule has 1 fully saturated rings. The minimum Gasteiger partial charge on any atom is -0.338 e. The van der Waals surface area contributed by atoms with E-state index in [0.717, 1.165) is 26.2 Å². The highest BCUT2D eigenvalue weighted by atomic mass is 19.2. The Morgan fingerprint density at radius 2 is 1.83 bits per heavy atom. The number of hydrogen-bond donors (Lipinski definition) is 0. The van der Waals surface area contributed by atoms with Crippen LogP contribution < -0.4 is 0 Å². The Morgan fingerprint density at radius 1 is 1.17 bits per heavy atom. The van der Waals surface area contributed by atoms with Gasteiger partial charge in [-0.05, 0) is 27.0 Å². The van der Waals surface area contributed by atoms with Crippen molar-refractivity contribution in [1.82, 2.24) is 14.8 Å². The van der Waals surface area contributed by atoms with Crippen molar-refractivity contribution in [2.24, 2.45) is 10.1 Å². The average Bonchev–Trinajstić information content (AvgIpc) is 2.53. The molecule has 1 aromatic rings. The molecule has 0 spiro atoms. The first-order valence-electron chi connectivity index (χ1n) is 7.80. The van der Waals surface area contributed by atoms with Crippen molar-refractivity contribution in [3.05, 3.63) is 29.3 Å². The minimum atomic E-state index is -0.870. The summed E-state index contributed by atoms with van der Waals surface area (Å²) < 4.78 is 27.2. The average molecular weight is 321 g/mol. The van der Waals surface area contributed by atoms with Gasteiger partial charge in [-0.1, -0.05) is 0 Å². The first-order chi connectivity index (χ1) is 11.0. The van der Waals surface area contributed by atoms with Crippen LogP contribution >= 0.6 is 0 Å². The van der Waals surface area contributed by atoms with Gasteiger partial charge in [0.2, 0.25) is 5.96 Å². The van der Waals surface area contributed by atoms with E-state index in [1.54, 1.807) is 11.2 Å². The van der Waals surface area contributed by atoms with Crippen molar-refractivity contribution in [1.29, 1.82) is 0 Å². The lowest BCUT2D eigenvalue weighted by atomic mass is 10.0. The van der Waals surface area contributed by atoms with Gasteiger partial charge in [-0.3, -0.25) is 0 Å². The molecule has 0 aliphatic carbocycles. The number of hydrogen-bond acceptors (Lipinski definition) is 5. The van der Waals surface area contributed by atoms with E-state index < -0.39 is 11.6 Å². The summed E-state index contributed by atoms with van der Waals surface area (Å²) in [5.41, 5.74) is 1.13. The van der Waals surface area contributed by atoms with Crippen LogP contribution in [0.5, 0.6) is 0 Å². The monoisotopic (exact) mass is 321 g/mol. The van der Waals surface area contributed by atoms with Crippen LogP contribution in [0.15, 0.2) is 22.2 Å². The van der Waals surface area contributed by atoms with E-state index in [4.69, 9.17) is 0 Å². The molecule has 124 valence electrons. The predicted octanol–water partition coefficient (Wildman–Crippen LogP) is 2.58. The second-order valence-corrected chi connectivity index (χ2v) is 5.92. The maximum Gasteiger partial charge on any atom is 0.223 e. The molecular formula is C16H21F2N5. The van der Waals surface area contributed by atoms with Gasteiger partial charge in [-0.2, -0.15) is 5.10 Å². The standard InChI is InChI=1S/C16H21F2N5/c1-4-19-23-11(2)12-9-13(17)14(18)10-15(12)20-16(23)22-7-5-21(3)6-8-22/h4,9-11H,5-8H2,1-3H3/b19-4-. The molecule has 0 radical (unpaired) electrons. The van der Waals surface area contributed by atoms with Crippen molar-refractivity contribution in [3.8, 4) is 0 Å². The van der Waals surface area contributed by atoms with E-state index in [0.29, 0.717) is 17.2 Å². The second-order valence-electron chi connectivity index (χ2n) is 5.92. The van der Waals surface area contributed by atoms with Crippen molar-refractivity contribution >= 4 is 17.9 Å². The third-order valence-electron chi connectivity index (χ3n) is 4.34. The molecule has 1 unspecified atom stereocenters. The highest BCUT2D eigenvalue weighted by molar-refractivity contribution is 5.86. The van der Waals surface area contributed by atoms with E-state index >= 15 is 0 Å². The Hall–Kier alpha value is -2.02. The van der Waals surface area contributed by atoms with Crippen LogP contribution in [0.4, 0.5) is 14.5 Å². The molecule has 1 atom stereocenters. The molecule has 5 nitrogen and oxygen atoms in total. The van der Waals surface area contributed by atoms with Crippen molar-refractivity contribution < 1.29 is 8.78 Å². The number of piperazine rings is 1. The van der Waals surface area contributed by atoms with Crippen molar-refractivity contribution in [2.75, 3.05) is 33.2 Å². The molecule has 0 aromatic heterocycles. The van der Waals surface area contributed by atoms with Crippen LogP contribution in [0, 0.1) is 11.6 Å². The molecule has 2 heterocycles. The summed E-state index contributed by atoms with van der Waals surface area (Å²) in [6.45, 7) is 7.28. The van der Waals surface area contributed by atoms with Gasteiger partial charge in [0.15, 0.2) is 11.6 Å². The van der Waals surface area contributed by atoms with Gasteiger partial charge in [-0.15, -0.1) is 0 Å². The fourth-order valence-electron chi connectivity index (χ4n) is 2.95. The zero-order chi connectivity index (χ0) is 16.6. The molecule has 7 heteroatoms. The third-order valence-corrected chi connectivity index (χ3v) is 4.34. The van der Waals surface area contributed by atoms with Crippen molar-refractivity contribution in [2.45, 2.75) is 19.9 Å². The van der Waals surface area contributed by atoms with Crippen LogP contribution in [-0.4, -0.2) is 60.2 Å². The molecule has 1 saturated heterocycles. The van der Waals surface area contributed by atoms with Gasteiger partial charge in [0.05, 0.1) is 11.7 Å². The lowest BCUT2D eigenvalue weighted by Crippen LogP contribution is -2.52. The van der Waals surface area contributed by atoms with Gasteiger partial charge in [0, 0.05) is 44.0 Å². The Labute approximate surface area is 134 Å². The molecule has 0 amide bonds. The number of hydrazone groups is 1. The molecule has 23 heavy (non-hydrogen) atoms. The largest absolute Gasteiger partial charge is 0.338 e. The normalized spacial score (nSPS) is 22.5. The lowest BCUT2D eigenvalue weighted by Gasteiger charge is -2.41. The molecule has 0 N–H and O–H groups in total. The first kappa shape index (κ1) is 15.9. The summed E-state index contributed by atoms with van der Waals surface area (Å²) in [6.07, 6.45) is 1.69. The van der Waals surface area contributed by atoms with E-state index in [9.17, 15) is 8.78 Å². The van der Waals surface area contributed by atoms with Crippen LogP contribution in [0.2, 0.25) is 0 Å². The summed E-state index contributed by atoms with van der Waals surface area (Å²) in [4.78, 5) is 8.97. The van der Waals surface area contributed by atoms with Gasteiger partial charge in [-0.25, -0.2) is 18.8 Å². The fourth-order valence-corrected chi connectivity index (χ4v) is 2.95. The van der Waals surface area contributed by atoms with E-state index in [1.165, 1.54) is 12.1 Å². The van der Waals surface area contributed by atoms with Gasteiger partial charge in [0.25, 0.3) is 0 Å². The molecule has 2 aliphatic heterocycles. The number of benzene rings is 1. The minimum absolute atomic E-state index is 0.205. The molecular weight excluding hydrogens is 300 g/mol. The van der Waals surface area contributed by atoms with Crippen LogP contribution in [0.1, 0.15) is 25.5 Å². The zero-order valence-electron chi connectivity index (χ0n) is 13.6. The number of likely N-dealkylation sites (N-methyl/N-ethyl adjacent to an activating group) is 1. The number of nitrogens with zero attached hydrogens (tertiary/aromatic N) is 5. The Bertz CT molecular complexity index is 650. The second kappa shape index (κ2) is 6.23. The number of aliphatic imine (C=N–C) groups is 1. The highest BCUT2D eigenvalue weighted by Crippen LogP contribution is 2.37. The maximum absolute atomic E-state index is 13.6. The number of rotatable bonds is 1. The quantitative estimate of drug-likeness (QED) is 0.746. The third kappa shape index (κ3) is 2.93. The lowest BCUT2D eigenvalue weighted by molar-refractivity contribution is 0.186. The van der Waals surface area contributed by atoms with E-state index in [2.05, 4.69) is 26.9 Å².